The Morgan fingerprint density at radius 2 is 1.92 bits per heavy atom. The Morgan fingerprint density at radius 3 is 2.33 bits per heavy atom. The molecule has 1 rings (SSSR count). The molecule has 1 fully saturated rings. The van der Waals surface area contributed by atoms with Gasteiger partial charge in [-0.05, 0) is 0 Å². The molecule has 0 aliphatic carbocycles. The van der Waals surface area contributed by atoms with Gasteiger partial charge in [0.2, 0.25) is 0 Å². The number of hydrogen-bond acceptors (Lipinski definition) is 4. The summed E-state index contributed by atoms with van der Waals surface area (Å²) in [5.41, 5.74) is 0. The molecular weight excluding hydrogens is 162 g/mol. The van der Waals surface area contributed by atoms with Gasteiger partial charge in [0.15, 0.2) is 0 Å². The summed E-state index contributed by atoms with van der Waals surface area (Å²) in [6, 6.07) is 0. The van der Waals surface area contributed by atoms with E-state index in [9.17, 15) is 14.4 Å². The van der Waals surface area contributed by atoms with Gasteiger partial charge in [0, 0.05) is 18.8 Å². The molecule has 1 saturated heterocycles. The number of carbonyl (C=O) groups excluding carboxylic acids is 3. The van der Waals surface area contributed by atoms with Crippen molar-refractivity contribution in [1.82, 2.24) is 5.06 Å². The molecule has 12 heavy (non-hydrogen) atoms. The van der Waals surface area contributed by atoms with E-state index in [0.29, 0.717) is 5.06 Å². The Kier molecular flexibility index (Phi) is 2.10. The lowest BCUT2D eigenvalue weighted by Gasteiger charge is -2.09. The van der Waals surface area contributed by atoms with Crippen molar-refractivity contribution in [2.45, 2.75) is 12.8 Å². The van der Waals surface area contributed by atoms with Gasteiger partial charge < -0.3 is 4.84 Å². The molecular formula is C7H5NO4. The highest BCUT2D eigenvalue weighted by Crippen LogP contribution is 2.11. The van der Waals surface area contributed by atoms with Gasteiger partial charge in [-0.25, -0.2) is 4.79 Å². The van der Waals surface area contributed by atoms with E-state index in [2.05, 4.69) is 11.3 Å². The zero-order valence-electron chi connectivity index (χ0n) is 6.07. The zero-order chi connectivity index (χ0) is 9.14. The Morgan fingerprint density at radius 1 is 1.42 bits per heavy atom. The van der Waals surface area contributed by atoms with Crippen LogP contribution in [-0.4, -0.2) is 22.8 Å². The molecule has 0 unspecified atom stereocenters. The summed E-state index contributed by atoms with van der Waals surface area (Å²) in [5, 5.41) is 0.405. The van der Waals surface area contributed by atoms with Crippen LogP contribution in [-0.2, 0) is 19.2 Å². The summed E-state index contributed by atoms with van der Waals surface area (Å²) in [5.74, 6) is -0.494. The summed E-state index contributed by atoms with van der Waals surface area (Å²) in [7, 11) is 0. The molecule has 0 spiro atoms. The first-order valence-corrected chi connectivity index (χ1v) is 3.19. The predicted octanol–water partition coefficient (Wildman–Crippen LogP) is -0.773. The average molecular weight is 167 g/mol. The molecule has 0 saturated carbocycles. The van der Waals surface area contributed by atoms with Crippen LogP contribution in [0.1, 0.15) is 12.8 Å². The van der Waals surface area contributed by atoms with Gasteiger partial charge in [0.05, 0.1) is 0 Å². The molecule has 62 valence electrons. The number of amides is 2. The molecule has 0 atom stereocenters. The smallest absolute Gasteiger partial charge is 0.318 e. The van der Waals surface area contributed by atoms with E-state index >= 15 is 0 Å². The highest BCUT2D eigenvalue weighted by molar-refractivity contribution is 6.02. The monoisotopic (exact) mass is 167 g/mol. The van der Waals surface area contributed by atoms with Crippen molar-refractivity contribution in [3.8, 4) is 12.3 Å². The lowest BCUT2D eigenvalue weighted by Crippen LogP contribution is -2.31. The van der Waals surface area contributed by atoms with Crippen LogP contribution in [0, 0.1) is 12.3 Å². The molecule has 1 heterocycles. The molecule has 1 aliphatic heterocycles. The Balaban J connectivity index is 2.63. The van der Waals surface area contributed by atoms with Gasteiger partial charge in [-0.1, -0.05) is 0 Å². The maximum atomic E-state index is 10.8. The van der Waals surface area contributed by atoms with Crippen molar-refractivity contribution >= 4 is 17.8 Å². The number of nitrogens with zero attached hydrogens (tertiary/aromatic N) is 1. The Bertz CT molecular complexity index is 272. The predicted molar refractivity (Wildman–Crippen MR) is 36.0 cm³/mol. The second kappa shape index (κ2) is 3.05. The zero-order valence-corrected chi connectivity index (χ0v) is 6.07. The third kappa shape index (κ3) is 1.42. The molecule has 0 bridgehead atoms. The van der Waals surface area contributed by atoms with Gasteiger partial charge in [-0.2, -0.15) is 0 Å². The molecule has 5 heteroatoms. The molecule has 0 aromatic carbocycles. The van der Waals surface area contributed by atoms with Crippen molar-refractivity contribution < 1.29 is 19.2 Å². The Hall–Kier alpha value is -1.83. The maximum Gasteiger partial charge on any atom is 0.408 e. The van der Waals surface area contributed by atoms with E-state index in [-0.39, 0.29) is 12.8 Å². The lowest BCUT2D eigenvalue weighted by molar-refractivity contribution is -0.193. The first kappa shape index (κ1) is 8.27. The molecule has 0 aromatic rings. The van der Waals surface area contributed by atoms with Crippen LogP contribution in [0.5, 0.6) is 0 Å². The molecule has 0 aromatic heterocycles. The number of hydroxylamine groups is 2. The first-order chi connectivity index (χ1) is 5.65. The van der Waals surface area contributed by atoms with Crippen molar-refractivity contribution in [3.05, 3.63) is 0 Å². The summed E-state index contributed by atoms with van der Waals surface area (Å²) in [4.78, 5) is 36.3. The van der Waals surface area contributed by atoms with E-state index in [1.54, 1.807) is 5.92 Å². The highest BCUT2D eigenvalue weighted by atomic mass is 16.7. The van der Waals surface area contributed by atoms with Crippen LogP contribution in [0.4, 0.5) is 0 Å². The van der Waals surface area contributed by atoms with Crippen LogP contribution in [0.2, 0.25) is 0 Å². The standard InChI is InChI=1S/C7H5NO4/c1-2-7(11)12-8-5(9)3-4-6(8)10/h1H,3-4H2. The minimum Gasteiger partial charge on any atom is -0.318 e. The largest absolute Gasteiger partial charge is 0.408 e. The van der Waals surface area contributed by atoms with Crippen molar-refractivity contribution in [3.63, 3.8) is 0 Å². The molecule has 0 N–H and O–H groups in total. The van der Waals surface area contributed by atoms with Crippen LogP contribution in [0.15, 0.2) is 0 Å². The van der Waals surface area contributed by atoms with Crippen LogP contribution < -0.4 is 0 Å². The summed E-state index contributed by atoms with van der Waals surface area (Å²) < 4.78 is 0. The normalized spacial score (nSPS) is 16.1. The number of hydrogen-bond donors (Lipinski definition) is 0. The fourth-order valence-corrected chi connectivity index (χ4v) is 0.767. The molecule has 1 aliphatic rings. The highest BCUT2D eigenvalue weighted by Gasteiger charge is 2.32. The van der Waals surface area contributed by atoms with Crippen LogP contribution in [0.3, 0.4) is 0 Å². The van der Waals surface area contributed by atoms with E-state index in [1.165, 1.54) is 0 Å². The van der Waals surface area contributed by atoms with Gasteiger partial charge in [0.25, 0.3) is 11.8 Å². The fourth-order valence-electron chi connectivity index (χ4n) is 0.767. The van der Waals surface area contributed by atoms with Gasteiger partial charge >= 0.3 is 5.97 Å². The number of terminal acetylenes is 1. The number of rotatable bonds is 1. The van der Waals surface area contributed by atoms with Crippen molar-refractivity contribution in [1.29, 1.82) is 0 Å². The van der Waals surface area contributed by atoms with Crippen molar-refractivity contribution in [2.75, 3.05) is 0 Å². The van der Waals surface area contributed by atoms with E-state index in [1.807, 2.05) is 0 Å². The fraction of sp³-hybridized carbons (Fsp3) is 0.286. The van der Waals surface area contributed by atoms with E-state index in [4.69, 9.17) is 0 Å². The van der Waals surface area contributed by atoms with Gasteiger partial charge in [-0.15, -0.1) is 11.5 Å². The molecule has 2 amide bonds. The average Bonchev–Trinajstić information content (AvgIpc) is 2.35. The minimum absolute atomic E-state index is 0.0662. The van der Waals surface area contributed by atoms with E-state index in [0.717, 1.165) is 0 Å². The summed E-state index contributed by atoms with van der Waals surface area (Å²) in [6.07, 6.45) is 4.80. The SMILES string of the molecule is C#CC(=O)ON1C(=O)CCC1=O. The second-order valence-corrected chi connectivity index (χ2v) is 2.10. The van der Waals surface area contributed by atoms with Crippen molar-refractivity contribution in [2.24, 2.45) is 0 Å². The first-order valence-electron chi connectivity index (χ1n) is 3.19. The second-order valence-electron chi connectivity index (χ2n) is 2.10. The van der Waals surface area contributed by atoms with Crippen LogP contribution in [0.25, 0.3) is 0 Å². The number of carbonyl (C=O) groups is 3. The number of imide groups is 1. The molecule has 0 radical (unpaired) electrons. The topological polar surface area (TPSA) is 63.7 Å². The van der Waals surface area contributed by atoms with Gasteiger partial charge in [-0.3, -0.25) is 9.59 Å². The third-order valence-corrected chi connectivity index (χ3v) is 1.30. The molecule has 5 nitrogen and oxygen atoms in total. The van der Waals surface area contributed by atoms with E-state index < -0.39 is 17.8 Å². The summed E-state index contributed by atoms with van der Waals surface area (Å²) >= 11 is 0. The maximum absolute atomic E-state index is 10.8. The van der Waals surface area contributed by atoms with Gasteiger partial charge in [0.1, 0.15) is 0 Å². The van der Waals surface area contributed by atoms with Crippen LogP contribution >= 0.6 is 0 Å². The summed E-state index contributed by atoms with van der Waals surface area (Å²) in [6.45, 7) is 0. The third-order valence-electron chi connectivity index (χ3n) is 1.30. The minimum atomic E-state index is -1.04. The lowest BCUT2D eigenvalue weighted by atomic mass is 10.4. The quantitative estimate of drug-likeness (QED) is 0.380. The Labute approximate surface area is 68.2 Å².